The summed E-state index contributed by atoms with van der Waals surface area (Å²) in [7, 11) is -2.01. The number of ether oxygens (including phenoxy) is 6. The molecule has 1 aromatic rings. The molecule has 43 heavy (non-hydrogen) atoms. The Morgan fingerprint density at radius 1 is 0.674 bits per heavy atom. The van der Waals surface area contributed by atoms with E-state index in [1.165, 1.54) is 0 Å². The molecule has 0 aliphatic carbocycles. The number of hydrogen-bond donors (Lipinski definition) is 3. The summed E-state index contributed by atoms with van der Waals surface area (Å²) in [5, 5.41) is 31.3. The van der Waals surface area contributed by atoms with Crippen molar-refractivity contribution in [1.82, 2.24) is 0 Å². The van der Waals surface area contributed by atoms with Gasteiger partial charge in [-0.25, -0.2) is 0 Å². The van der Waals surface area contributed by atoms with Crippen LogP contribution in [0.15, 0.2) is 66.8 Å². The topological polar surface area (TPSA) is 125 Å². The monoisotopic (exact) mass is 620 g/mol. The zero-order chi connectivity index (χ0) is 31.0. The van der Waals surface area contributed by atoms with Crippen molar-refractivity contribution in [3.63, 3.8) is 0 Å². The Hall–Kier alpha value is -1.74. The molecule has 3 N–H and O–H groups in total. The van der Waals surface area contributed by atoms with Gasteiger partial charge in [0.05, 0.1) is 38.6 Å². The highest BCUT2D eigenvalue weighted by molar-refractivity contribution is 6.74. The van der Waals surface area contributed by atoms with Crippen LogP contribution >= 0.6 is 0 Å². The van der Waals surface area contributed by atoms with E-state index in [-0.39, 0.29) is 24.9 Å². The van der Waals surface area contributed by atoms with Crippen LogP contribution in [0, 0.1) is 0 Å². The quantitative estimate of drug-likeness (QED) is 0.223. The Kier molecular flexibility index (Phi) is 12.3. The van der Waals surface area contributed by atoms with Gasteiger partial charge in [0.1, 0.15) is 24.4 Å². The molecule has 11 heteroatoms. The van der Waals surface area contributed by atoms with Gasteiger partial charge < -0.3 is 48.2 Å². The van der Waals surface area contributed by atoms with Crippen molar-refractivity contribution >= 4 is 8.32 Å². The van der Waals surface area contributed by atoms with Crippen molar-refractivity contribution in [2.45, 2.75) is 107 Å². The minimum Gasteiger partial charge on any atom is -0.414 e. The second-order valence-corrected chi connectivity index (χ2v) is 17.4. The Balaban J connectivity index is 1.18. The van der Waals surface area contributed by atoms with Crippen LogP contribution in [0.25, 0.3) is 0 Å². The molecule has 0 aromatic heterocycles. The average molecular weight is 621 g/mol. The fraction of sp³-hybridized carbons (Fsp3) is 0.625. The third-order valence-electron chi connectivity index (χ3n) is 8.25. The molecule has 0 unspecified atom stereocenters. The molecule has 10 nitrogen and oxygen atoms in total. The number of benzene rings is 1. The van der Waals surface area contributed by atoms with E-state index in [2.05, 4.69) is 33.9 Å². The highest BCUT2D eigenvalue weighted by Gasteiger charge is 2.39. The van der Waals surface area contributed by atoms with Crippen molar-refractivity contribution < 1.29 is 48.2 Å². The van der Waals surface area contributed by atoms with Crippen LogP contribution in [0.1, 0.15) is 32.8 Å². The van der Waals surface area contributed by atoms with E-state index in [1.54, 1.807) is 36.5 Å². The molecule has 0 amide bonds. The molecule has 240 valence electrons. The van der Waals surface area contributed by atoms with Gasteiger partial charge in [-0.15, -0.1) is 0 Å². The molecular formula is C32H48O10Si. The van der Waals surface area contributed by atoms with Crippen LogP contribution in [0.4, 0.5) is 0 Å². The standard InChI is InChI=1S/C32H48O10Si/c1-32(2,3)43(4,5)39-21-28-25(35)13-16-31(42-28)38-20-27-24(34)12-14-29(41-27)36-18-17-26-23(33)11-15-30(40-26)37-19-22-9-7-6-8-10-22/h6-16,23-31,33-35H,17-21H2,1-5H3/t23-,24-,25-,26+,27+,28+,29-,30-,31-/m1/s1. The lowest BCUT2D eigenvalue weighted by Crippen LogP contribution is -2.47. The molecule has 3 aliphatic rings. The van der Waals surface area contributed by atoms with Gasteiger partial charge in [-0.05, 0) is 41.9 Å². The van der Waals surface area contributed by atoms with E-state index in [9.17, 15) is 15.3 Å². The maximum Gasteiger partial charge on any atom is 0.192 e. The van der Waals surface area contributed by atoms with Crippen LogP contribution in [-0.2, 0) is 39.5 Å². The molecule has 0 fully saturated rings. The molecule has 9 atom stereocenters. The van der Waals surface area contributed by atoms with Crippen molar-refractivity contribution in [3.8, 4) is 0 Å². The summed E-state index contributed by atoms with van der Waals surface area (Å²) in [6, 6.07) is 9.81. The van der Waals surface area contributed by atoms with E-state index in [4.69, 9.17) is 32.8 Å². The van der Waals surface area contributed by atoms with Gasteiger partial charge in [-0.2, -0.15) is 0 Å². The van der Waals surface area contributed by atoms with Crippen LogP contribution in [-0.4, -0.2) is 99.0 Å². The lowest BCUT2D eigenvalue weighted by molar-refractivity contribution is -0.225. The predicted molar refractivity (Wildman–Crippen MR) is 162 cm³/mol. The molecule has 1 aromatic carbocycles. The third kappa shape index (κ3) is 10.1. The SMILES string of the molecule is CC(C)(C)[Si](C)(C)OC[C@@H]1O[C@@H](OC[C@@H]2O[C@@H](OCC[C@@H]3O[C@@H](OCc4ccccc4)C=C[C@H]3O)C=C[C@H]2O)C=C[C@H]1O. The second kappa shape index (κ2) is 15.5. The first kappa shape index (κ1) is 34.1. The minimum atomic E-state index is -2.01. The van der Waals surface area contributed by atoms with Crippen LogP contribution in [0.2, 0.25) is 18.1 Å². The summed E-state index contributed by atoms with van der Waals surface area (Å²) in [4.78, 5) is 0. The average Bonchev–Trinajstić information content (AvgIpc) is 2.97. The number of rotatable bonds is 13. The summed E-state index contributed by atoms with van der Waals surface area (Å²) in [6.45, 7) is 11.7. The molecule has 3 aliphatic heterocycles. The van der Waals surface area contributed by atoms with Gasteiger partial charge in [0.15, 0.2) is 27.2 Å². The molecule has 3 heterocycles. The van der Waals surface area contributed by atoms with Crippen LogP contribution in [0.5, 0.6) is 0 Å². The molecule has 0 spiro atoms. The summed E-state index contributed by atoms with van der Waals surface area (Å²) in [5.41, 5.74) is 1.03. The largest absolute Gasteiger partial charge is 0.414 e. The highest BCUT2D eigenvalue weighted by Crippen LogP contribution is 2.37. The minimum absolute atomic E-state index is 0.0403. The third-order valence-corrected chi connectivity index (χ3v) is 12.7. The summed E-state index contributed by atoms with van der Waals surface area (Å²) >= 11 is 0. The first-order valence-corrected chi connectivity index (χ1v) is 17.9. The predicted octanol–water partition coefficient (Wildman–Crippen LogP) is 3.57. The normalized spacial score (nSPS) is 33.2. The van der Waals surface area contributed by atoms with Crippen LogP contribution < -0.4 is 0 Å². The lowest BCUT2D eigenvalue weighted by atomic mass is 10.1. The number of aliphatic hydroxyl groups excluding tert-OH is 3. The van der Waals surface area contributed by atoms with E-state index in [0.29, 0.717) is 13.0 Å². The molecule has 0 bridgehead atoms. The van der Waals surface area contributed by atoms with Gasteiger partial charge >= 0.3 is 0 Å². The fourth-order valence-electron chi connectivity index (χ4n) is 4.43. The zero-order valence-electron chi connectivity index (χ0n) is 25.8. The van der Waals surface area contributed by atoms with E-state index < -0.39 is 63.8 Å². The maximum atomic E-state index is 10.5. The second-order valence-electron chi connectivity index (χ2n) is 12.6. The molecule has 0 saturated heterocycles. The summed E-state index contributed by atoms with van der Waals surface area (Å²) in [5.74, 6) is 0. The fourth-order valence-corrected chi connectivity index (χ4v) is 5.44. The first-order chi connectivity index (χ1) is 20.4. The van der Waals surface area contributed by atoms with Gasteiger partial charge in [0, 0.05) is 6.42 Å². The Labute approximate surface area is 256 Å². The highest BCUT2D eigenvalue weighted by atomic mass is 28.4. The maximum absolute atomic E-state index is 10.5. The lowest BCUT2D eigenvalue weighted by Gasteiger charge is -2.38. The van der Waals surface area contributed by atoms with Crippen molar-refractivity contribution in [3.05, 3.63) is 72.4 Å². The van der Waals surface area contributed by atoms with Gasteiger partial charge in [-0.3, -0.25) is 0 Å². The summed E-state index contributed by atoms with van der Waals surface area (Å²) < 4.78 is 41.6. The summed E-state index contributed by atoms with van der Waals surface area (Å²) in [6.07, 6.45) is 4.17. The molecule has 0 saturated carbocycles. The Morgan fingerprint density at radius 3 is 1.79 bits per heavy atom. The van der Waals surface area contributed by atoms with Crippen LogP contribution in [0.3, 0.4) is 0 Å². The van der Waals surface area contributed by atoms with Crippen molar-refractivity contribution in [2.24, 2.45) is 0 Å². The van der Waals surface area contributed by atoms with Crippen molar-refractivity contribution in [1.29, 1.82) is 0 Å². The molecular weight excluding hydrogens is 572 g/mol. The number of aliphatic hydroxyl groups is 3. The van der Waals surface area contributed by atoms with E-state index >= 15 is 0 Å². The van der Waals surface area contributed by atoms with Gasteiger partial charge in [-0.1, -0.05) is 69.3 Å². The first-order valence-electron chi connectivity index (χ1n) is 15.0. The van der Waals surface area contributed by atoms with Gasteiger partial charge in [0.25, 0.3) is 0 Å². The smallest absolute Gasteiger partial charge is 0.192 e. The molecule has 0 radical (unpaired) electrons. The van der Waals surface area contributed by atoms with Gasteiger partial charge in [0.2, 0.25) is 0 Å². The zero-order valence-corrected chi connectivity index (χ0v) is 26.8. The van der Waals surface area contributed by atoms with E-state index in [0.717, 1.165) is 5.56 Å². The number of hydrogen-bond acceptors (Lipinski definition) is 10. The Bertz CT molecular complexity index is 1070. The Morgan fingerprint density at radius 2 is 1.19 bits per heavy atom. The molecule has 4 rings (SSSR count). The van der Waals surface area contributed by atoms with E-state index in [1.807, 2.05) is 30.3 Å². The van der Waals surface area contributed by atoms with Crippen molar-refractivity contribution in [2.75, 3.05) is 19.8 Å².